The van der Waals surface area contributed by atoms with Gasteiger partial charge in [0.1, 0.15) is 0 Å². The van der Waals surface area contributed by atoms with Crippen LogP contribution in [0.4, 0.5) is 13.2 Å². The molecule has 0 bridgehead atoms. The van der Waals surface area contributed by atoms with E-state index in [1.54, 1.807) is 24.3 Å². The lowest BCUT2D eigenvalue weighted by molar-refractivity contribution is -0.0496. The summed E-state index contributed by atoms with van der Waals surface area (Å²) in [5.41, 5.74) is -5.40. The van der Waals surface area contributed by atoms with Gasteiger partial charge in [0.05, 0.1) is 0 Å². The fraction of sp³-hybridized carbons (Fsp3) is 0.333. The zero-order chi connectivity index (χ0) is 16.7. The summed E-state index contributed by atoms with van der Waals surface area (Å²) >= 11 is 0. The van der Waals surface area contributed by atoms with Crippen LogP contribution in [0.1, 0.15) is 12.8 Å². The van der Waals surface area contributed by atoms with E-state index in [-0.39, 0.29) is 0 Å². The van der Waals surface area contributed by atoms with E-state index < -0.39 is 25.9 Å². The van der Waals surface area contributed by atoms with E-state index in [2.05, 4.69) is 0 Å². The lowest BCUT2D eigenvalue weighted by Gasteiger charge is -2.35. The van der Waals surface area contributed by atoms with Crippen molar-refractivity contribution < 1.29 is 25.2 Å². The Morgan fingerprint density at radius 2 is 1.57 bits per heavy atom. The van der Waals surface area contributed by atoms with Crippen LogP contribution in [0.3, 0.4) is 0 Å². The second-order valence-electron chi connectivity index (χ2n) is 5.37. The molecule has 3 rings (SSSR count). The smallest absolute Gasteiger partial charge is 0.209 e. The number of rotatable bonds is 3. The summed E-state index contributed by atoms with van der Waals surface area (Å²) in [7, 11) is -8.13. The number of alkyl halides is 3. The van der Waals surface area contributed by atoms with E-state index in [1.807, 2.05) is 18.2 Å². The molecule has 8 heteroatoms. The van der Waals surface area contributed by atoms with Crippen molar-refractivity contribution in [1.82, 2.24) is 0 Å². The molecule has 1 aliphatic rings. The van der Waals surface area contributed by atoms with Gasteiger partial charge < -0.3 is 0 Å². The average molecular weight is 364 g/mol. The molecule has 23 heavy (non-hydrogen) atoms. The number of hydrogen-bond acceptors (Lipinski definition) is 3. The Morgan fingerprint density at radius 1 is 0.957 bits per heavy atom. The molecule has 1 saturated heterocycles. The van der Waals surface area contributed by atoms with Crippen molar-refractivity contribution in [2.75, 3.05) is 11.5 Å². The molecular weight excluding hydrogens is 349 g/mol. The predicted octanol–water partition coefficient (Wildman–Crippen LogP) is 4.58. The molecule has 0 N–H and O–H groups in total. The lowest BCUT2D eigenvalue weighted by Crippen LogP contribution is -2.27. The van der Waals surface area contributed by atoms with Gasteiger partial charge in [-0.15, -0.1) is 0 Å². The van der Waals surface area contributed by atoms with Gasteiger partial charge in [-0.25, -0.2) is 3.63 Å². The molecule has 0 unspecified atom stereocenters. The fourth-order valence-corrected chi connectivity index (χ4v) is 8.24. The zero-order valence-corrected chi connectivity index (χ0v) is 13.7. The van der Waals surface area contributed by atoms with Crippen LogP contribution in [0.5, 0.6) is 0 Å². The molecule has 126 valence electrons. The summed E-state index contributed by atoms with van der Waals surface area (Å²) in [6, 6.07) is 12.5. The maximum absolute atomic E-state index is 12.8. The quantitative estimate of drug-likeness (QED) is 0.749. The van der Waals surface area contributed by atoms with Crippen LogP contribution in [-0.2, 0) is 13.7 Å². The monoisotopic (exact) mass is 364 g/mol. The van der Waals surface area contributed by atoms with Crippen LogP contribution < -0.4 is 0 Å². The Morgan fingerprint density at radius 3 is 2.22 bits per heavy atom. The average Bonchev–Trinajstić information content (AvgIpc) is 2.94. The lowest BCUT2D eigenvalue weighted by atomic mass is 10.1. The third-order valence-electron chi connectivity index (χ3n) is 3.85. The summed E-state index contributed by atoms with van der Waals surface area (Å²) in [4.78, 5) is 0.584. The van der Waals surface area contributed by atoms with Crippen molar-refractivity contribution in [2.24, 2.45) is 0 Å². The molecular formula is C15H15F3O3S2. The van der Waals surface area contributed by atoms with Crippen molar-refractivity contribution in [3.8, 4) is 0 Å². The normalized spacial score (nSPS) is 19.8. The van der Waals surface area contributed by atoms with Gasteiger partial charge in [-0.1, -0.05) is 46.7 Å². The number of halogens is 3. The second kappa shape index (κ2) is 5.68. The summed E-state index contributed by atoms with van der Waals surface area (Å²) in [6.07, 6.45) is 1.32. The Kier molecular flexibility index (Phi) is 4.10. The summed E-state index contributed by atoms with van der Waals surface area (Å²) in [5, 5.41) is 1.61. The van der Waals surface area contributed by atoms with Crippen LogP contribution in [0.15, 0.2) is 47.4 Å². The molecule has 1 heterocycles. The van der Waals surface area contributed by atoms with E-state index in [4.69, 9.17) is 3.63 Å². The van der Waals surface area contributed by atoms with Gasteiger partial charge in [0, 0.05) is 16.4 Å². The third-order valence-corrected chi connectivity index (χ3v) is 9.23. The van der Waals surface area contributed by atoms with E-state index in [0.717, 1.165) is 10.8 Å². The molecule has 0 amide bonds. The predicted molar refractivity (Wildman–Crippen MR) is 84.8 cm³/mol. The fourth-order valence-electron chi connectivity index (χ4n) is 2.83. The van der Waals surface area contributed by atoms with E-state index in [1.165, 1.54) is 0 Å². The summed E-state index contributed by atoms with van der Waals surface area (Å²) in [5.74, 6) is 0.659. The highest BCUT2D eigenvalue weighted by Crippen LogP contribution is 2.64. The molecule has 3 nitrogen and oxygen atoms in total. The molecule has 1 aliphatic heterocycles. The minimum absolute atomic E-state index is 0.330. The number of benzene rings is 2. The van der Waals surface area contributed by atoms with Crippen molar-refractivity contribution >= 4 is 31.2 Å². The largest absolute Gasteiger partial charge is 0.523 e. The van der Waals surface area contributed by atoms with Crippen molar-refractivity contribution in [3.05, 3.63) is 42.5 Å². The highest BCUT2D eigenvalue weighted by atomic mass is 32.3. The first kappa shape index (κ1) is 16.6. The van der Waals surface area contributed by atoms with E-state index in [0.29, 0.717) is 29.2 Å². The Labute approximate surface area is 134 Å². The number of hydrogen-bond donors (Lipinski definition) is 0. The molecule has 0 atom stereocenters. The second-order valence-corrected chi connectivity index (χ2v) is 10.2. The highest BCUT2D eigenvalue weighted by molar-refractivity contribution is 8.33. The van der Waals surface area contributed by atoms with Gasteiger partial charge >= 0.3 is 15.6 Å². The number of fused-ring (bicyclic) bond motifs is 1. The third kappa shape index (κ3) is 2.95. The molecule has 2 aromatic rings. The zero-order valence-electron chi connectivity index (χ0n) is 12.0. The molecule has 0 aliphatic carbocycles. The Balaban J connectivity index is 2.15. The topological polar surface area (TPSA) is 43.4 Å². The van der Waals surface area contributed by atoms with E-state index >= 15 is 0 Å². The standard InChI is InChI=1S/C15H15F3O3S2/c16-15(17,18)23(19,20)21-22(10-3-4-11-22)14-9-5-7-12-6-1-2-8-13(12)14/h1-2,5-9H,3-4,10-11H2. The van der Waals surface area contributed by atoms with Crippen molar-refractivity contribution in [3.63, 3.8) is 0 Å². The summed E-state index contributed by atoms with van der Waals surface area (Å²) in [6.45, 7) is 0. The molecule has 0 spiro atoms. The van der Waals surface area contributed by atoms with Crippen LogP contribution in [0, 0.1) is 0 Å². The van der Waals surface area contributed by atoms with Crippen LogP contribution in [0.25, 0.3) is 10.8 Å². The van der Waals surface area contributed by atoms with Crippen LogP contribution in [0.2, 0.25) is 0 Å². The van der Waals surface area contributed by atoms with Crippen LogP contribution >= 0.6 is 10.3 Å². The first-order chi connectivity index (χ1) is 10.8. The molecule has 0 saturated carbocycles. The highest BCUT2D eigenvalue weighted by Gasteiger charge is 2.52. The van der Waals surface area contributed by atoms with Gasteiger partial charge in [0.2, 0.25) is 0 Å². The van der Waals surface area contributed by atoms with Crippen molar-refractivity contribution in [1.29, 1.82) is 0 Å². The van der Waals surface area contributed by atoms with Gasteiger partial charge in [-0.3, -0.25) is 0 Å². The molecule has 0 radical (unpaired) electrons. The minimum Gasteiger partial charge on any atom is -0.209 e. The Hall–Kier alpha value is -1.25. The van der Waals surface area contributed by atoms with Gasteiger partial charge in [-0.2, -0.15) is 21.6 Å². The maximum atomic E-state index is 12.8. The van der Waals surface area contributed by atoms with Gasteiger partial charge in [-0.05, 0) is 29.7 Å². The van der Waals surface area contributed by atoms with E-state index in [9.17, 15) is 21.6 Å². The van der Waals surface area contributed by atoms with Gasteiger partial charge in [0.25, 0.3) is 0 Å². The molecule has 2 aromatic carbocycles. The van der Waals surface area contributed by atoms with Crippen LogP contribution in [-0.4, -0.2) is 25.4 Å². The minimum atomic E-state index is -5.62. The molecule has 1 fully saturated rings. The Bertz CT molecular complexity index is 820. The summed E-state index contributed by atoms with van der Waals surface area (Å²) < 4.78 is 66.4. The van der Waals surface area contributed by atoms with Gasteiger partial charge in [0.15, 0.2) is 0 Å². The maximum Gasteiger partial charge on any atom is 0.523 e. The SMILES string of the molecule is O=S(=O)(OS1(c2cccc3ccccc23)CCCC1)C(F)(F)F. The molecule has 0 aromatic heterocycles. The van der Waals surface area contributed by atoms with Crippen molar-refractivity contribution in [2.45, 2.75) is 23.2 Å². The first-order valence-corrected chi connectivity index (χ1v) is 10.3. The first-order valence-electron chi connectivity index (χ1n) is 7.04.